The van der Waals surface area contributed by atoms with Crippen LogP contribution in [0.2, 0.25) is 0 Å². The minimum Gasteiger partial charge on any atom is -0.381 e. The summed E-state index contributed by atoms with van der Waals surface area (Å²) in [5, 5.41) is 0.308. The molecule has 0 aromatic heterocycles. The van der Waals surface area contributed by atoms with E-state index in [4.69, 9.17) is 16.3 Å². The van der Waals surface area contributed by atoms with Crippen molar-refractivity contribution >= 4 is 11.6 Å². The van der Waals surface area contributed by atoms with Crippen LogP contribution >= 0.6 is 11.6 Å². The Bertz CT molecular complexity index is 113. The van der Waals surface area contributed by atoms with E-state index in [-0.39, 0.29) is 0 Å². The molecule has 0 saturated heterocycles. The number of hydrogen-bond acceptors (Lipinski definition) is 1. The van der Waals surface area contributed by atoms with E-state index < -0.39 is 0 Å². The van der Waals surface area contributed by atoms with Gasteiger partial charge in [0.25, 0.3) is 0 Å². The Morgan fingerprint density at radius 3 is 2.23 bits per heavy atom. The standard InChI is InChI=1S/C11H23ClO/c1-9(2)8-13-7-5-6-11(12)10(3)4/h9-11H,5-8H2,1-4H3. The SMILES string of the molecule is CC(C)COCCCC(Cl)C(C)C. The summed E-state index contributed by atoms with van der Waals surface area (Å²) in [6.07, 6.45) is 2.15. The number of ether oxygens (including phenoxy) is 1. The van der Waals surface area contributed by atoms with Crippen molar-refractivity contribution < 1.29 is 4.74 Å². The number of rotatable bonds is 7. The lowest BCUT2D eigenvalue weighted by Crippen LogP contribution is -2.10. The van der Waals surface area contributed by atoms with E-state index in [1.54, 1.807) is 0 Å². The average Bonchev–Trinajstić information content (AvgIpc) is 2.02. The molecule has 0 spiro atoms. The van der Waals surface area contributed by atoms with E-state index in [0.29, 0.717) is 17.2 Å². The highest BCUT2D eigenvalue weighted by Crippen LogP contribution is 2.15. The summed E-state index contributed by atoms with van der Waals surface area (Å²) in [5.74, 6) is 1.21. The zero-order valence-electron chi connectivity index (χ0n) is 9.35. The summed E-state index contributed by atoms with van der Waals surface area (Å²) in [5.41, 5.74) is 0. The minimum absolute atomic E-state index is 0.308. The third-order valence-electron chi connectivity index (χ3n) is 1.94. The summed E-state index contributed by atoms with van der Waals surface area (Å²) >= 11 is 6.10. The molecule has 0 aromatic rings. The molecule has 1 atom stereocenters. The fourth-order valence-corrected chi connectivity index (χ4v) is 1.19. The van der Waals surface area contributed by atoms with E-state index >= 15 is 0 Å². The normalized spacial score (nSPS) is 14.1. The zero-order valence-corrected chi connectivity index (χ0v) is 10.1. The molecule has 2 heteroatoms. The number of halogens is 1. The summed E-state index contributed by atoms with van der Waals surface area (Å²) in [6.45, 7) is 10.4. The largest absolute Gasteiger partial charge is 0.381 e. The quantitative estimate of drug-likeness (QED) is 0.456. The molecule has 0 aliphatic rings. The second-order valence-corrected chi connectivity index (χ2v) is 4.93. The highest BCUT2D eigenvalue weighted by molar-refractivity contribution is 6.20. The first kappa shape index (κ1) is 13.2. The lowest BCUT2D eigenvalue weighted by Gasteiger charge is -2.13. The highest BCUT2D eigenvalue weighted by Gasteiger charge is 2.08. The molecule has 0 amide bonds. The Kier molecular flexibility index (Phi) is 7.78. The van der Waals surface area contributed by atoms with Gasteiger partial charge >= 0.3 is 0 Å². The van der Waals surface area contributed by atoms with Crippen LogP contribution in [0.5, 0.6) is 0 Å². The molecular weight excluding hydrogens is 184 g/mol. The molecule has 0 aliphatic heterocycles. The molecule has 1 unspecified atom stereocenters. The first-order valence-corrected chi connectivity index (χ1v) is 5.69. The lowest BCUT2D eigenvalue weighted by molar-refractivity contribution is 0.106. The molecule has 0 fully saturated rings. The zero-order chi connectivity index (χ0) is 10.3. The average molecular weight is 207 g/mol. The Hall–Kier alpha value is 0.250. The van der Waals surface area contributed by atoms with E-state index in [1.165, 1.54) is 0 Å². The van der Waals surface area contributed by atoms with Crippen LogP contribution < -0.4 is 0 Å². The molecule has 0 rings (SSSR count). The van der Waals surface area contributed by atoms with Gasteiger partial charge in [-0.15, -0.1) is 11.6 Å². The van der Waals surface area contributed by atoms with Crippen LogP contribution in [0.3, 0.4) is 0 Å². The molecule has 80 valence electrons. The molecule has 0 bridgehead atoms. The van der Waals surface area contributed by atoms with Gasteiger partial charge in [-0.25, -0.2) is 0 Å². The van der Waals surface area contributed by atoms with Crippen molar-refractivity contribution in [2.45, 2.75) is 45.9 Å². The second-order valence-electron chi connectivity index (χ2n) is 4.37. The van der Waals surface area contributed by atoms with Gasteiger partial charge in [-0.2, -0.15) is 0 Å². The summed E-state index contributed by atoms with van der Waals surface area (Å²) in [4.78, 5) is 0. The highest BCUT2D eigenvalue weighted by atomic mass is 35.5. The summed E-state index contributed by atoms with van der Waals surface area (Å²) in [7, 11) is 0. The van der Waals surface area contributed by atoms with Gasteiger partial charge in [-0.3, -0.25) is 0 Å². The van der Waals surface area contributed by atoms with Crippen molar-refractivity contribution in [1.82, 2.24) is 0 Å². The van der Waals surface area contributed by atoms with Crippen LogP contribution in [-0.4, -0.2) is 18.6 Å². The fraction of sp³-hybridized carbons (Fsp3) is 1.00. The topological polar surface area (TPSA) is 9.23 Å². The van der Waals surface area contributed by atoms with Gasteiger partial charge in [0.1, 0.15) is 0 Å². The van der Waals surface area contributed by atoms with Crippen LogP contribution in [0.1, 0.15) is 40.5 Å². The predicted molar refractivity (Wildman–Crippen MR) is 59.4 cm³/mol. The summed E-state index contributed by atoms with van der Waals surface area (Å²) < 4.78 is 5.47. The molecule has 0 aromatic carbocycles. The third kappa shape index (κ3) is 8.58. The van der Waals surface area contributed by atoms with Gasteiger partial charge in [-0.1, -0.05) is 27.7 Å². The monoisotopic (exact) mass is 206 g/mol. The Morgan fingerprint density at radius 2 is 1.77 bits per heavy atom. The van der Waals surface area contributed by atoms with Crippen molar-refractivity contribution in [3.8, 4) is 0 Å². The van der Waals surface area contributed by atoms with Crippen molar-refractivity contribution in [3.63, 3.8) is 0 Å². The lowest BCUT2D eigenvalue weighted by atomic mass is 10.1. The molecule has 0 N–H and O–H groups in total. The first-order chi connectivity index (χ1) is 6.04. The van der Waals surface area contributed by atoms with E-state index in [2.05, 4.69) is 27.7 Å². The maximum Gasteiger partial charge on any atom is 0.0488 e. The maximum absolute atomic E-state index is 6.10. The predicted octanol–water partition coefficient (Wildman–Crippen LogP) is 3.70. The molecule has 0 radical (unpaired) electrons. The van der Waals surface area contributed by atoms with E-state index in [1.807, 2.05) is 0 Å². The molecule has 0 aliphatic carbocycles. The molecule has 0 saturated carbocycles. The maximum atomic E-state index is 6.10. The Labute approximate surface area is 87.8 Å². The van der Waals surface area contributed by atoms with Crippen molar-refractivity contribution in [3.05, 3.63) is 0 Å². The summed E-state index contributed by atoms with van der Waals surface area (Å²) in [6, 6.07) is 0. The molecule has 0 heterocycles. The van der Waals surface area contributed by atoms with Crippen LogP contribution in [0.25, 0.3) is 0 Å². The molecule has 13 heavy (non-hydrogen) atoms. The van der Waals surface area contributed by atoms with Crippen LogP contribution in [0.4, 0.5) is 0 Å². The molecule has 1 nitrogen and oxygen atoms in total. The Balaban J connectivity index is 3.16. The van der Waals surface area contributed by atoms with Crippen LogP contribution in [0, 0.1) is 11.8 Å². The second kappa shape index (κ2) is 7.64. The fourth-order valence-electron chi connectivity index (χ4n) is 1.03. The van der Waals surface area contributed by atoms with Gasteiger partial charge < -0.3 is 4.74 Å². The third-order valence-corrected chi connectivity index (χ3v) is 2.67. The van der Waals surface area contributed by atoms with Gasteiger partial charge in [0, 0.05) is 18.6 Å². The van der Waals surface area contributed by atoms with Crippen molar-refractivity contribution in [2.75, 3.05) is 13.2 Å². The Morgan fingerprint density at radius 1 is 1.15 bits per heavy atom. The van der Waals surface area contributed by atoms with Gasteiger partial charge in [0.15, 0.2) is 0 Å². The van der Waals surface area contributed by atoms with Crippen LogP contribution in [0.15, 0.2) is 0 Å². The number of alkyl halides is 1. The smallest absolute Gasteiger partial charge is 0.0488 e. The van der Waals surface area contributed by atoms with Gasteiger partial charge in [-0.05, 0) is 24.7 Å². The van der Waals surface area contributed by atoms with Crippen LogP contribution in [-0.2, 0) is 4.74 Å². The van der Waals surface area contributed by atoms with Crippen molar-refractivity contribution in [1.29, 1.82) is 0 Å². The first-order valence-electron chi connectivity index (χ1n) is 5.25. The van der Waals surface area contributed by atoms with E-state index in [9.17, 15) is 0 Å². The van der Waals surface area contributed by atoms with E-state index in [0.717, 1.165) is 26.1 Å². The molecular formula is C11H23ClO. The van der Waals surface area contributed by atoms with Crippen molar-refractivity contribution in [2.24, 2.45) is 11.8 Å². The minimum atomic E-state index is 0.308. The van der Waals surface area contributed by atoms with Gasteiger partial charge in [0.2, 0.25) is 0 Å². The number of hydrogen-bond donors (Lipinski definition) is 0. The van der Waals surface area contributed by atoms with Gasteiger partial charge in [0.05, 0.1) is 0 Å².